The van der Waals surface area contributed by atoms with Gasteiger partial charge in [0.1, 0.15) is 18.7 Å². The number of carbonyl (C=O) groups is 1. The van der Waals surface area contributed by atoms with Crippen LogP contribution in [0.1, 0.15) is 18.1 Å². The van der Waals surface area contributed by atoms with Gasteiger partial charge in [0.05, 0.1) is 29.2 Å². The number of hydrogen-bond donors (Lipinski definition) is 2. The number of carbonyl (C=O) groups excluding carboxylic acids is 1. The quantitative estimate of drug-likeness (QED) is 0.421. The summed E-state index contributed by atoms with van der Waals surface area (Å²) in [7, 11) is 0. The molecule has 1 aliphatic heterocycles. The van der Waals surface area contributed by atoms with Crippen molar-refractivity contribution in [2.45, 2.75) is 25.3 Å². The molecule has 0 aliphatic carbocycles. The summed E-state index contributed by atoms with van der Waals surface area (Å²) in [5.74, 6) is -0.304. The summed E-state index contributed by atoms with van der Waals surface area (Å²) >= 11 is 0. The molecule has 4 rings (SSSR count). The number of amides is 1. The molecule has 0 saturated carbocycles. The molecule has 39 heavy (non-hydrogen) atoms. The van der Waals surface area contributed by atoms with Gasteiger partial charge in [-0.05, 0) is 13.0 Å². The highest BCUT2D eigenvalue weighted by molar-refractivity contribution is 5.97. The number of halogens is 6. The molecular formula is C22H20F6N8O3. The lowest BCUT2D eigenvalue weighted by Crippen LogP contribution is -2.51. The lowest BCUT2D eigenvalue weighted by Gasteiger charge is -2.34. The molecule has 1 amide bonds. The Morgan fingerprint density at radius 1 is 1.05 bits per heavy atom. The number of anilines is 3. The number of hydrogen-bond acceptors (Lipinski definition) is 9. The Morgan fingerprint density at radius 2 is 1.77 bits per heavy atom. The van der Waals surface area contributed by atoms with E-state index in [1.807, 2.05) is 0 Å². The summed E-state index contributed by atoms with van der Waals surface area (Å²) in [6.45, 7) is 1.60. The largest absolute Gasteiger partial charge is 0.475 e. The molecule has 11 nitrogen and oxygen atoms in total. The van der Waals surface area contributed by atoms with Gasteiger partial charge in [-0.25, -0.2) is 20.1 Å². The van der Waals surface area contributed by atoms with Crippen LogP contribution in [-0.2, 0) is 17.1 Å². The van der Waals surface area contributed by atoms with Crippen molar-refractivity contribution in [3.05, 3.63) is 58.4 Å². The minimum absolute atomic E-state index is 0.0134. The molecule has 1 aliphatic rings. The fourth-order valence-corrected chi connectivity index (χ4v) is 3.70. The van der Waals surface area contributed by atoms with Crippen LogP contribution in [0, 0.1) is 0 Å². The first-order chi connectivity index (χ1) is 18.3. The molecule has 2 N–H and O–H groups in total. The Labute approximate surface area is 215 Å². The van der Waals surface area contributed by atoms with Crippen molar-refractivity contribution < 1.29 is 35.9 Å². The molecule has 0 spiro atoms. The fraction of sp³-hybridized carbons (Fsp3) is 0.364. The van der Waals surface area contributed by atoms with Gasteiger partial charge in [0.2, 0.25) is 17.7 Å². The van der Waals surface area contributed by atoms with Crippen molar-refractivity contribution >= 4 is 23.2 Å². The van der Waals surface area contributed by atoms with Gasteiger partial charge in [-0.2, -0.15) is 31.4 Å². The average Bonchev–Trinajstić information content (AvgIpc) is 2.86. The van der Waals surface area contributed by atoms with Crippen LogP contribution in [0.2, 0.25) is 0 Å². The molecule has 0 radical (unpaired) electrons. The number of pyridine rings is 1. The smallest absolute Gasteiger partial charge is 0.423 e. The van der Waals surface area contributed by atoms with E-state index in [2.05, 4.69) is 25.4 Å². The van der Waals surface area contributed by atoms with Gasteiger partial charge in [0.25, 0.3) is 5.56 Å². The second-order valence-corrected chi connectivity index (χ2v) is 8.43. The second-order valence-electron chi connectivity index (χ2n) is 8.43. The van der Waals surface area contributed by atoms with Crippen LogP contribution in [-0.4, -0.2) is 63.3 Å². The molecule has 3 aromatic heterocycles. The van der Waals surface area contributed by atoms with Crippen LogP contribution in [0.4, 0.5) is 43.7 Å². The lowest BCUT2D eigenvalue weighted by molar-refractivity contribution is -0.139. The highest BCUT2D eigenvalue weighted by Gasteiger charge is 2.37. The van der Waals surface area contributed by atoms with E-state index in [0.29, 0.717) is 18.1 Å². The van der Waals surface area contributed by atoms with Crippen LogP contribution >= 0.6 is 0 Å². The normalized spacial score (nSPS) is 15.3. The molecule has 3 aromatic rings. The first kappa shape index (κ1) is 27.6. The number of aromatic nitrogens is 5. The summed E-state index contributed by atoms with van der Waals surface area (Å²) in [5, 5.41) is 7.69. The summed E-state index contributed by atoms with van der Waals surface area (Å²) in [6.07, 6.45) is -5.95. The number of rotatable bonds is 7. The molecule has 1 saturated heterocycles. The van der Waals surface area contributed by atoms with Crippen molar-refractivity contribution in [1.29, 1.82) is 0 Å². The maximum Gasteiger partial charge on any atom is 0.423 e. The first-order valence-electron chi connectivity index (χ1n) is 11.3. The Bertz CT molecular complexity index is 1380. The van der Waals surface area contributed by atoms with Crippen molar-refractivity contribution in [3.8, 4) is 5.88 Å². The zero-order valence-electron chi connectivity index (χ0n) is 20.0. The number of piperazine rings is 1. The van der Waals surface area contributed by atoms with Crippen molar-refractivity contribution in [3.63, 3.8) is 0 Å². The number of nitrogens with one attached hydrogen (secondary N) is 2. The molecule has 0 bridgehead atoms. The van der Waals surface area contributed by atoms with E-state index in [9.17, 15) is 35.9 Å². The molecule has 208 valence electrons. The Kier molecular flexibility index (Phi) is 7.60. The topological polar surface area (TPSA) is 129 Å². The molecule has 1 fully saturated rings. The minimum Gasteiger partial charge on any atom is -0.475 e. The SMILES string of the molecule is CC(COc1cc(N2CCN(c3ncc(C(F)(F)F)cn3)CC2=O)ccn1)Nc1cn[nH]c(=O)c1C(F)(F)F. The highest BCUT2D eigenvalue weighted by Crippen LogP contribution is 2.32. The van der Waals surface area contributed by atoms with Gasteiger partial charge in [-0.3, -0.25) is 9.59 Å². The number of aromatic amines is 1. The number of H-pyrrole nitrogens is 1. The molecule has 0 aromatic carbocycles. The minimum atomic E-state index is -4.90. The van der Waals surface area contributed by atoms with E-state index in [1.54, 1.807) is 11.2 Å². The summed E-state index contributed by atoms with van der Waals surface area (Å²) in [6, 6.07) is 2.31. The third-order valence-electron chi connectivity index (χ3n) is 5.52. The van der Waals surface area contributed by atoms with E-state index < -0.39 is 40.8 Å². The van der Waals surface area contributed by atoms with Gasteiger partial charge in [0, 0.05) is 37.7 Å². The summed E-state index contributed by atoms with van der Waals surface area (Å²) < 4.78 is 83.5. The number of alkyl halides is 6. The first-order valence-corrected chi connectivity index (χ1v) is 11.3. The molecule has 4 heterocycles. The average molecular weight is 558 g/mol. The van der Waals surface area contributed by atoms with E-state index in [-0.39, 0.29) is 44.0 Å². The zero-order valence-corrected chi connectivity index (χ0v) is 20.0. The third kappa shape index (κ3) is 6.53. The Morgan fingerprint density at radius 3 is 2.41 bits per heavy atom. The van der Waals surface area contributed by atoms with Crippen molar-refractivity contribution in [2.75, 3.05) is 41.4 Å². The van der Waals surface area contributed by atoms with Crippen LogP contribution in [0.25, 0.3) is 0 Å². The van der Waals surface area contributed by atoms with E-state index in [1.165, 1.54) is 29.0 Å². The standard InChI is InChI=1S/C22H20F6N8O3/c1-12(33-15-9-32-34-19(38)18(15)22(26,27)28)11-39-16-6-14(2-3-29-16)36-5-4-35(10-17(36)37)20-30-7-13(8-31-20)21(23,24)25/h2-3,6-9,12H,4-5,10-11H2,1H3,(H2,33,34,38). The molecule has 1 unspecified atom stereocenters. The van der Waals surface area contributed by atoms with E-state index in [4.69, 9.17) is 4.74 Å². The fourth-order valence-electron chi connectivity index (χ4n) is 3.70. The van der Waals surface area contributed by atoms with Crippen LogP contribution < -0.4 is 25.4 Å². The van der Waals surface area contributed by atoms with Gasteiger partial charge in [-0.1, -0.05) is 0 Å². The second kappa shape index (κ2) is 10.7. The highest BCUT2D eigenvalue weighted by atomic mass is 19.4. The zero-order chi connectivity index (χ0) is 28.4. The summed E-state index contributed by atoms with van der Waals surface area (Å²) in [4.78, 5) is 38.7. The third-order valence-corrected chi connectivity index (χ3v) is 5.52. The van der Waals surface area contributed by atoms with Crippen LogP contribution in [0.3, 0.4) is 0 Å². The Balaban J connectivity index is 1.37. The van der Waals surface area contributed by atoms with Crippen LogP contribution in [0.5, 0.6) is 5.88 Å². The molecule has 17 heteroatoms. The monoisotopic (exact) mass is 558 g/mol. The van der Waals surface area contributed by atoms with Gasteiger partial charge in [0.15, 0.2) is 0 Å². The van der Waals surface area contributed by atoms with Crippen molar-refractivity contribution in [2.24, 2.45) is 0 Å². The predicted molar refractivity (Wildman–Crippen MR) is 124 cm³/mol. The van der Waals surface area contributed by atoms with Gasteiger partial charge < -0.3 is 19.9 Å². The summed E-state index contributed by atoms with van der Waals surface area (Å²) in [5.41, 5.74) is -3.88. The van der Waals surface area contributed by atoms with E-state index >= 15 is 0 Å². The molecule has 1 atom stereocenters. The number of ether oxygens (including phenoxy) is 1. The lowest BCUT2D eigenvalue weighted by atomic mass is 10.2. The van der Waals surface area contributed by atoms with Crippen LogP contribution in [0.15, 0.2) is 41.7 Å². The Hall–Kier alpha value is -4.44. The van der Waals surface area contributed by atoms with E-state index in [0.717, 1.165) is 6.20 Å². The predicted octanol–water partition coefficient (Wildman–Crippen LogP) is 2.73. The van der Waals surface area contributed by atoms with Crippen molar-refractivity contribution in [1.82, 2.24) is 25.1 Å². The maximum atomic E-state index is 13.2. The van der Waals surface area contributed by atoms with Gasteiger partial charge >= 0.3 is 12.4 Å². The number of nitrogens with zero attached hydrogens (tertiary/aromatic N) is 6. The molecular weight excluding hydrogens is 538 g/mol. The maximum absolute atomic E-state index is 13.2. The van der Waals surface area contributed by atoms with Gasteiger partial charge in [-0.15, -0.1) is 0 Å².